The summed E-state index contributed by atoms with van der Waals surface area (Å²) in [7, 11) is 0. The fraction of sp³-hybridized carbons (Fsp3) is 0.111. The van der Waals surface area contributed by atoms with Gasteiger partial charge < -0.3 is 5.43 Å². The van der Waals surface area contributed by atoms with Gasteiger partial charge in [-0.2, -0.15) is 0 Å². The second kappa shape index (κ2) is 6.61. The van der Waals surface area contributed by atoms with Crippen molar-refractivity contribution in [1.82, 2.24) is 5.43 Å². The van der Waals surface area contributed by atoms with E-state index in [-0.39, 0.29) is 0 Å². The molecule has 0 aliphatic heterocycles. The predicted octanol–water partition coefficient (Wildman–Crippen LogP) is 5.79. The van der Waals surface area contributed by atoms with Gasteiger partial charge in [-0.25, -0.2) is 5.43 Å². The molecule has 0 heterocycles. The van der Waals surface area contributed by atoms with Crippen molar-refractivity contribution in [2.45, 2.75) is 18.4 Å². The van der Waals surface area contributed by atoms with Gasteiger partial charge in [-0.3, -0.25) is 0 Å². The van der Waals surface area contributed by atoms with E-state index in [0.717, 1.165) is 12.2 Å². The molecular weight excluding hydrogens is 352 g/mol. The molecule has 29 heavy (non-hydrogen) atoms. The van der Waals surface area contributed by atoms with Gasteiger partial charge in [0.2, 0.25) is 0 Å². The van der Waals surface area contributed by atoms with E-state index in [1.54, 1.807) is 0 Å². The van der Waals surface area contributed by atoms with Crippen molar-refractivity contribution in [3.63, 3.8) is 0 Å². The van der Waals surface area contributed by atoms with Gasteiger partial charge in [-0.05, 0) is 51.1 Å². The summed E-state index contributed by atoms with van der Waals surface area (Å²) in [5, 5.41) is 0. The molecule has 3 aliphatic rings. The highest BCUT2D eigenvalue weighted by Crippen LogP contribution is 2.55. The van der Waals surface area contributed by atoms with Crippen LogP contribution in [0.4, 0.5) is 5.69 Å². The molecule has 2 N–H and O–H groups in total. The SMILES string of the molecule is c1ccc(NNCc2ccc3c(c2)C2c4ccccc4C3c3ccccc32)cc1. The topological polar surface area (TPSA) is 24.1 Å². The molecule has 0 amide bonds. The Morgan fingerprint density at radius 2 is 1.03 bits per heavy atom. The van der Waals surface area contributed by atoms with Gasteiger partial charge in [0.1, 0.15) is 0 Å². The Kier molecular flexibility index (Phi) is 3.78. The van der Waals surface area contributed by atoms with E-state index in [4.69, 9.17) is 0 Å². The molecule has 0 spiro atoms. The number of anilines is 1. The van der Waals surface area contributed by atoms with Crippen molar-refractivity contribution in [3.8, 4) is 0 Å². The molecular formula is C27H22N2. The second-order valence-electron chi connectivity index (χ2n) is 7.93. The Morgan fingerprint density at radius 1 is 0.517 bits per heavy atom. The van der Waals surface area contributed by atoms with Crippen LogP contribution in [0, 0.1) is 0 Å². The third kappa shape index (κ3) is 2.60. The number of nitrogens with one attached hydrogen (secondary N) is 2. The lowest BCUT2D eigenvalue weighted by Crippen LogP contribution is -2.28. The fourth-order valence-electron chi connectivity index (χ4n) is 5.10. The number of rotatable bonds is 4. The molecule has 0 radical (unpaired) electrons. The maximum absolute atomic E-state index is 3.36. The van der Waals surface area contributed by atoms with Crippen molar-refractivity contribution >= 4 is 5.69 Å². The highest BCUT2D eigenvalue weighted by molar-refractivity contribution is 5.68. The molecule has 2 heteroatoms. The minimum Gasteiger partial charge on any atom is -0.321 e. The monoisotopic (exact) mass is 374 g/mol. The molecule has 7 rings (SSSR count). The van der Waals surface area contributed by atoms with Crippen LogP contribution in [0.25, 0.3) is 0 Å². The first-order chi connectivity index (χ1) is 14.4. The molecule has 2 bridgehead atoms. The van der Waals surface area contributed by atoms with E-state index in [0.29, 0.717) is 11.8 Å². The number of hydrogen-bond donors (Lipinski definition) is 2. The van der Waals surface area contributed by atoms with Crippen LogP contribution in [0.15, 0.2) is 97.1 Å². The Hall–Kier alpha value is -3.36. The lowest BCUT2D eigenvalue weighted by Gasteiger charge is -2.42. The van der Waals surface area contributed by atoms with E-state index in [1.807, 2.05) is 18.2 Å². The summed E-state index contributed by atoms with van der Waals surface area (Å²) in [4.78, 5) is 0. The molecule has 0 fully saturated rings. The smallest absolute Gasteiger partial charge is 0.0487 e. The Balaban J connectivity index is 1.36. The third-order valence-corrected chi connectivity index (χ3v) is 6.31. The average molecular weight is 374 g/mol. The molecule has 0 saturated heterocycles. The maximum atomic E-state index is 3.36. The maximum Gasteiger partial charge on any atom is 0.0487 e. The Morgan fingerprint density at radius 3 is 1.66 bits per heavy atom. The summed E-state index contributed by atoms with van der Waals surface area (Å²) in [6.45, 7) is 0.781. The normalized spacial score (nSPS) is 17.9. The van der Waals surface area contributed by atoms with Crippen LogP contribution in [0.5, 0.6) is 0 Å². The molecule has 2 nitrogen and oxygen atoms in total. The number of para-hydroxylation sites is 1. The van der Waals surface area contributed by atoms with E-state index < -0.39 is 0 Å². The molecule has 0 aromatic heterocycles. The lowest BCUT2D eigenvalue weighted by atomic mass is 9.61. The van der Waals surface area contributed by atoms with E-state index in [9.17, 15) is 0 Å². The zero-order chi connectivity index (χ0) is 19.2. The van der Waals surface area contributed by atoms with E-state index >= 15 is 0 Å². The summed E-state index contributed by atoms with van der Waals surface area (Å²) in [5.41, 5.74) is 17.8. The van der Waals surface area contributed by atoms with Crippen LogP contribution in [0.3, 0.4) is 0 Å². The largest absolute Gasteiger partial charge is 0.321 e. The minimum atomic E-state index is 0.337. The second-order valence-corrected chi connectivity index (χ2v) is 7.93. The molecule has 0 atom stereocenters. The van der Waals surface area contributed by atoms with Crippen LogP contribution in [0.1, 0.15) is 50.8 Å². The molecule has 4 aromatic carbocycles. The van der Waals surface area contributed by atoms with Gasteiger partial charge in [-0.15, -0.1) is 0 Å². The lowest BCUT2D eigenvalue weighted by molar-refractivity contribution is 0.744. The quantitative estimate of drug-likeness (QED) is 0.382. The number of hydrazine groups is 1. The highest BCUT2D eigenvalue weighted by Gasteiger charge is 2.40. The van der Waals surface area contributed by atoms with E-state index in [2.05, 4.69) is 89.7 Å². The van der Waals surface area contributed by atoms with Gasteiger partial charge in [0, 0.05) is 24.1 Å². The molecule has 0 unspecified atom stereocenters. The van der Waals surface area contributed by atoms with Gasteiger partial charge in [0.15, 0.2) is 0 Å². The van der Waals surface area contributed by atoms with Crippen molar-refractivity contribution in [1.29, 1.82) is 0 Å². The summed E-state index contributed by atoms with van der Waals surface area (Å²) in [6.07, 6.45) is 0. The van der Waals surface area contributed by atoms with E-state index in [1.165, 1.54) is 38.9 Å². The zero-order valence-corrected chi connectivity index (χ0v) is 16.1. The van der Waals surface area contributed by atoms with Crippen LogP contribution < -0.4 is 10.9 Å². The highest BCUT2D eigenvalue weighted by atomic mass is 15.3. The van der Waals surface area contributed by atoms with Gasteiger partial charge in [0.05, 0.1) is 0 Å². The number of benzene rings is 4. The van der Waals surface area contributed by atoms with Crippen molar-refractivity contribution in [3.05, 3.63) is 136 Å². The molecule has 4 aromatic rings. The van der Waals surface area contributed by atoms with Gasteiger partial charge >= 0.3 is 0 Å². The van der Waals surface area contributed by atoms with Gasteiger partial charge in [-0.1, -0.05) is 84.9 Å². The summed E-state index contributed by atoms with van der Waals surface area (Å²) in [6, 6.07) is 35.2. The molecule has 0 saturated carbocycles. The average Bonchev–Trinajstić information content (AvgIpc) is 2.79. The van der Waals surface area contributed by atoms with Crippen LogP contribution in [-0.2, 0) is 6.54 Å². The Labute approximate surface area is 171 Å². The van der Waals surface area contributed by atoms with Crippen molar-refractivity contribution < 1.29 is 0 Å². The summed E-state index contributed by atoms with van der Waals surface area (Å²) in [5.74, 6) is 0.691. The first-order valence-electron chi connectivity index (χ1n) is 10.2. The molecule has 3 aliphatic carbocycles. The standard InChI is InChI=1S/C27H22N2/c1-2-8-19(9-3-1)29-28-17-18-14-15-24-25(16-18)27-22-12-6-4-10-20(22)26(24)21-11-5-7-13-23(21)27/h1-16,26-29H,17H2. The summed E-state index contributed by atoms with van der Waals surface area (Å²) < 4.78 is 0. The van der Waals surface area contributed by atoms with Crippen molar-refractivity contribution in [2.24, 2.45) is 0 Å². The molecule has 140 valence electrons. The number of hydrogen-bond acceptors (Lipinski definition) is 2. The fourth-order valence-corrected chi connectivity index (χ4v) is 5.10. The first-order valence-corrected chi connectivity index (χ1v) is 10.2. The first kappa shape index (κ1) is 16.6. The van der Waals surface area contributed by atoms with Crippen LogP contribution in [0.2, 0.25) is 0 Å². The van der Waals surface area contributed by atoms with Gasteiger partial charge in [0.25, 0.3) is 0 Å². The van der Waals surface area contributed by atoms with Crippen LogP contribution in [-0.4, -0.2) is 0 Å². The zero-order valence-electron chi connectivity index (χ0n) is 16.1. The predicted molar refractivity (Wildman–Crippen MR) is 118 cm³/mol. The Bertz CT molecular complexity index is 1150. The summed E-state index contributed by atoms with van der Waals surface area (Å²) >= 11 is 0. The van der Waals surface area contributed by atoms with Crippen molar-refractivity contribution in [2.75, 3.05) is 5.43 Å². The van der Waals surface area contributed by atoms with Crippen LogP contribution >= 0.6 is 0 Å². The minimum absolute atomic E-state index is 0.337. The third-order valence-electron chi connectivity index (χ3n) is 6.31.